The molecule has 0 aromatic carbocycles. The molecule has 2 unspecified atom stereocenters. The summed E-state index contributed by atoms with van der Waals surface area (Å²) in [6.07, 6.45) is 1.25. The van der Waals surface area contributed by atoms with Crippen molar-refractivity contribution in [1.29, 1.82) is 0 Å². The second-order valence-electron chi connectivity index (χ2n) is 4.46. The summed E-state index contributed by atoms with van der Waals surface area (Å²) in [7, 11) is 3.50. The van der Waals surface area contributed by atoms with Crippen LogP contribution < -0.4 is 10.2 Å². The van der Waals surface area contributed by atoms with Crippen LogP contribution in [-0.2, 0) is 4.74 Å². The maximum Gasteiger partial charge on any atom is 0.231 e. The first kappa shape index (κ1) is 13.3. The molecule has 0 spiro atoms. The fourth-order valence-electron chi connectivity index (χ4n) is 2.12. The summed E-state index contributed by atoms with van der Waals surface area (Å²) in [6, 6.07) is 0. The molecular weight excluding hydrogens is 254 g/mol. The predicted molar refractivity (Wildman–Crippen MR) is 71.2 cm³/mol. The predicted octanol–water partition coefficient (Wildman–Crippen LogP) is 1.43. The van der Waals surface area contributed by atoms with Gasteiger partial charge in [0.2, 0.25) is 17.2 Å². The minimum atomic E-state index is 0.201. The van der Waals surface area contributed by atoms with Gasteiger partial charge in [-0.3, -0.25) is 0 Å². The highest BCUT2D eigenvalue weighted by molar-refractivity contribution is 6.28. The van der Waals surface area contributed by atoms with Crippen molar-refractivity contribution in [1.82, 2.24) is 15.0 Å². The number of hydrogen-bond acceptors (Lipinski definition) is 6. The van der Waals surface area contributed by atoms with Gasteiger partial charge in [0.25, 0.3) is 0 Å². The highest BCUT2D eigenvalue weighted by Gasteiger charge is 2.27. The molecule has 0 bridgehead atoms. The molecule has 18 heavy (non-hydrogen) atoms. The number of aromatic nitrogens is 3. The Labute approximate surface area is 112 Å². The number of hydrogen-bond donors (Lipinski definition) is 1. The maximum absolute atomic E-state index is 5.89. The zero-order valence-electron chi connectivity index (χ0n) is 10.9. The van der Waals surface area contributed by atoms with Crippen molar-refractivity contribution in [3.63, 3.8) is 0 Å². The molecule has 1 saturated heterocycles. The molecule has 2 atom stereocenters. The zero-order valence-corrected chi connectivity index (χ0v) is 11.6. The lowest BCUT2D eigenvalue weighted by Crippen LogP contribution is -2.44. The van der Waals surface area contributed by atoms with Crippen LogP contribution in [0.2, 0.25) is 5.28 Å². The normalized spacial score (nSPS) is 24.1. The van der Waals surface area contributed by atoms with E-state index in [-0.39, 0.29) is 11.4 Å². The molecule has 1 aliphatic rings. The molecule has 1 N–H and O–H groups in total. The minimum absolute atomic E-state index is 0.201. The summed E-state index contributed by atoms with van der Waals surface area (Å²) >= 11 is 5.89. The third-order valence-electron chi connectivity index (χ3n) is 3.29. The fourth-order valence-corrected chi connectivity index (χ4v) is 2.27. The molecule has 0 aliphatic carbocycles. The number of ether oxygens (including phenoxy) is 1. The maximum atomic E-state index is 5.89. The van der Waals surface area contributed by atoms with E-state index in [0.29, 0.717) is 17.8 Å². The summed E-state index contributed by atoms with van der Waals surface area (Å²) in [4.78, 5) is 14.6. The number of rotatable bonds is 3. The number of nitrogens with one attached hydrogen (secondary N) is 1. The zero-order chi connectivity index (χ0) is 13.1. The molecule has 100 valence electrons. The molecule has 2 rings (SSSR count). The quantitative estimate of drug-likeness (QED) is 0.897. The van der Waals surface area contributed by atoms with Crippen LogP contribution in [0, 0.1) is 5.92 Å². The Balaban J connectivity index is 2.18. The van der Waals surface area contributed by atoms with Crippen LogP contribution in [0.15, 0.2) is 0 Å². The number of nitrogens with zero attached hydrogens (tertiary/aromatic N) is 4. The summed E-state index contributed by atoms with van der Waals surface area (Å²) in [5.41, 5.74) is 0. The van der Waals surface area contributed by atoms with Gasteiger partial charge in [0, 0.05) is 27.2 Å². The molecule has 2 heterocycles. The van der Waals surface area contributed by atoms with Gasteiger partial charge >= 0.3 is 0 Å². The Morgan fingerprint density at radius 3 is 2.83 bits per heavy atom. The molecule has 1 aromatic rings. The second kappa shape index (κ2) is 5.67. The van der Waals surface area contributed by atoms with Gasteiger partial charge in [0.1, 0.15) is 0 Å². The topological polar surface area (TPSA) is 63.2 Å². The van der Waals surface area contributed by atoms with E-state index in [0.717, 1.165) is 19.5 Å². The average Bonchev–Trinajstić information content (AvgIpc) is 2.38. The largest absolute Gasteiger partial charge is 0.379 e. The van der Waals surface area contributed by atoms with Gasteiger partial charge in [-0.1, -0.05) is 6.92 Å². The van der Waals surface area contributed by atoms with E-state index < -0.39 is 0 Å². The van der Waals surface area contributed by atoms with Crippen molar-refractivity contribution >= 4 is 23.5 Å². The minimum Gasteiger partial charge on any atom is -0.379 e. The van der Waals surface area contributed by atoms with E-state index in [9.17, 15) is 0 Å². The van der Waals surface area contributed by atoms with E-state index in [4.69, 9.17) is 16.3 Å². The van der Waals surface area contributed by atoms with Crippen LogP contribution in [0.5, 0.6) is 0 Å². The van der Waals surface area contributed by atoms with Crippen molar-refractivity contribution in [3.8, 4) is 0 Å². The first-order valence-corrected chi connectivity index (χ1v) is 6.39. The van der Waals surface area contributed by atoms with Crippen LogP contribution in [0.3, 0.4) is 0 Å². The molecule has 1 aromatic heterocycles. The summed E-state index contributed by atoms with van der Waals surface area (Å²) < 4.78 is 5.48. The van der Waals surface area contributed by atoms with Crippen LogP contribution in [0.25, 0.3) is 0 Å². The molecule has 7 heteroatoms. The van der Waals surface area contributed by atoms with Crippen molar-refractivity contribution in [2.45, 2.75) is 19.4 Å². The lowest BCUT2D eigenvalue weighted by molar-refractivity contribution is 0.0494. The Morgan fingerprint density at radius 2 is 2.17 bits per heavy atom. The number of piperidine rings is 1. The van der Waals surface area contributed by atoms with Crippen molar-refractivity contribution in [3.05, 3.63) is 5.28 Å². The summed E-state index contributed by atoms with van der Waals surface area (Å²) in [6.45, 7) is 3.89. The molecule has 1 fully saturated rings. The lowest BCUT2D eigenvalue weighted by Gasteiger charge is -2.36. The molecular formula is C11H18ClN5O. The smallest absolute Gasteiger partial charge is 0.231 e. The van der Waals surface area contributed by atoms with Gasteiger partial charge in [-0.2, -0.15) is 15.0 Å². The van der Waals surface area contributed by atoms with Crippen molar-refractivity contribution in [2.75, 3.05) is 37.5 Å². The van der Waals surface area contributed by atoms with E-state index in [1.54, 1.807) is 14.2 Å². The highest BCUT2D eigenvalue weighted by atomic mass is 35.5. The Kier molecular flexibility index (Phi) is 4.19. The Hall–Kier alpha value is -1.14. The molecule has 0 saturated carbocycles. The van der Waals surface area contributed by atoms with E-state index in [1.165, 1.54) is 0 Å². The van der Waals surface area contributed by atoms with Gasteiger partial charge in [0.05, 0.1) is 6.10 Å². The SMILES string of the molecule is CNc1nc(Cl)nc(N2CCC(C)C(OC)C2)n1. The third kappa shape index (κ3) is 2.81. The molecule has 6 nitrogen and oxygen atoms in total. The van der Waals surface area contributed by atoms with E-state index >= 15 is 0 Å². The standard InChI is InChI=1S/C11H18ClN5O/c1-7-4-5-17(6-8(7)18-3)11-15-9(12)14-10(13-2)16-11/h7-8H,4-6H2,1-3H3,(H,13,14,15,16). The van der Waals surface area contributed by atoms with Gasteiger partial charge in [0.15, 0.2) is 0 Å². The Morgan fingerprint density at radius 1 is 1.39 bits per heavy atom. The van der Waals surface area contributed by atoms with Gasteiger partial charge in [-0.05, 0) is 23.9 Å². The van der Waals surface area contributed by atoms with E-state index in [1.807, 2.05) is 0 Å². The molecule has 1 aliphatic heterocycles. The summed E-state index contributed by atoms with van der Waals surface area (Å²) in [5.74, 6) is 1.64. The Bertz CT molecular complexity index is 416. The van der Waals surface area contributed by atoms with Crippen LogP contribution in [-0.4, -0.2) is 48.3 Å². The second-order valence-corrected chi connectivity index (χ2v) is 4.80. The molecule has 0 radical (unpaired) electrons. The first-order chi connectivity index (χ1) is 8.63. The van der Waals surface area contributed by atoms with E-state index in [2.05, 4.69) is 32.1 Å². The van der Waals surface area contributed by atoms with Crippen molar-refractivity contribution < 1.29 is 4.74 Å². The first-order valence-electron chi connectivity index (χ1n) is 6.01. The number of methoxy groups -OCH3 is 1. The van der Waals surface area contributed by atoms with Gasteiger partial charge < -0.3 is 15.0 Å². The molecule has 0 amide bonds. The highest BCUT2D eigenvalue weighted by Crippen LogP contribution is 2.23. The van der Waals surface area contributed by atoms with Crippen LogP contribution in [0.4, 0.5) is 11.9 Å². The third-order valence-corrected chi connectivity index (χ3v) is 3.46. The number of anilines is 2. The van der Waals surface area contributed by atoms with Gasteiger partial charge in [-0.25, -0.2) is 0 Å². The summed E-state index contributed by atoms with van der Waals surface area (Å²) in [5, 5.41) is 3.08. The van der Waals surface area contributed by atoms with Crippen LogP contribution in [0.1, 0.15) is 13.3 Å². The monoisotopic (exact) mass is 271 g/mol. The van der Waals surface area contributed by atoms with Crippen LogP contribution >= 0.6 is 11.6 Å². The van der Waals surface area contributed by atoms with Gasteiger partial charge in [-0.15, -0.1) is 0 Å². The van der Waals surface area contributed by atoms with Crippen molar-refractivity contribution in [2.24, 2.45) is 5.92 Å². The average molecular weight is 272 g/mol. The fraction of sp³-hybridized carbons (Fsp3) is 0.727. The number of halogens is 1. The lowest BCUT2D eigenvalue weighted by atomic mass is 9.96.